The van der Waals surface area contributed by atoms with Crippen LogP contribution in [-0.2, 0) is 0 Å². The monoisotopic (exact) mass is 257 g/mol. The third kappa shape index (κ3) is 2.27. The minimum atomic E-state index is 0.557. The van der Waals surface area contributed by atoms with E-state index in [1.165, 1.54) is 31.2 Å². The highest BCUT2D eigenvalue weighted by molar-refractivity contribution is 5.76. The van der Waals surface area contributed by atoms with Crippen molar-refractivity contribution < 1.29 is 0 Å². The standard InChI is InChI=1S/C16H23N3/c1-3-17-13-8-4-6-10-15(13)19-12(2)18-14-9-5-7-11-16(14)19/h5,7,9,11,13,15,17H,3-4,6,8,10H2,1-2H3. The van der Waals surface area contributed by atoms with E-state index in [9.17, 15) is 0 Å². The molecule has 3 nitrogen and oxygen atoms in total. The largest absolute Gasteiger partial charge is 0.324 e. The summed E-state index contributed by atoms with van der Waals surface area (Å²) in [6.07, 6.45) is 5.22. The summed E-state index contributed by atoms with van der Waals surface area (Å²) in [4.78, 5) is 4.72. The number of nitrogens with one attached hydrogen (secondary N) is 1. The van der Waals surface area contributed by atoms with Crippen molar-refractivity contribution >= 4 is 11.0 Å². The molecule has 3 heteroatoms. The van der Waals surface area contributed by atoms with Gasteiger partial charge in [0, 0.05) is 6.04 Å². The Balaban J connectivity index is 2.03. The molecule has 1 aromatic carbocycles. The fourth-order valence-corrected chi connectivity index (χ4v) is 3.50. The summed E-state index contributed by atoms with van der Waals surface area (Å²) in [5.74, 6) is 1.15. The van der Waals surface area contributed by atoms with Crippen molar-refractivity contribution in [3.8, 4) is 0 Å². The molecule has 19 heavy (non-hydrogen) atoms. The Morgan fingerprint density at radius 1 is 1.26 bits per heavy atom. The molecule has 1 aliphatic carbocycles. The highest BCUT2D eigenvalue weighted by atomic mass is 15.1. The molecule has 0 bridgehead atoms. The van der Waals surface area contributed by atoms with Gasteiger partial charge < -0.3 is 9.88 Å². The van der Waals surface area contributed by atoms with Gasteiger partial charge in [-0.25, -0.2) is 4.98 Å². The summed E-state index contributed by atoms with van der Waals surface area (Å²) in [5.41, 5.74) is 2.41. The van der Waals surface area contributed by atoms with Gasteiger partial charge in [0.15, 0.2) is 0 Å². The Bertz CT molecular complexity index is 556. The van der Waals surface area contributed by atoms with Crippen LogP contribution < -0.4 is 5.32 Å². The van der Waals surface area contributed by atoms with Gasteiger partial charge in [-0.15, -0.1) is 0 Å². The molecule has 1 saturated carbocycles. The lowest BCUT2D eigenvalue weighted by Gasteiger charge is -2.34. The van der Waals surface area contributed by atoms with Gasteiger partial charge in [-0.2, -0.15) is 0 Å². The van der Waals surface area contributed by atoms with Crippen molar-refractivity contribution in [1.82, 2.24) is 14.9 Å². The minimum absolute atomic E-state index is 0.557. The van der Waals surface area contributed by atoms with Gasteiger partial charge in [0.25, 0.3) is 0 Å². The molecule has 3 rings (SSSR count). The van der Waals surface area contributed by atoms with Crippen molar-refractivity contribution in [2.24, 2.45) is 0 Å². The van der Waals surface area contributed by atoms with Crippen LogP contribution in [0.4, 0.5) is 0 Å². The maximum absolute atomic E-state index is 4.72. The number of aromatic nitrogens is 2. The Morgan fingerprint density at radius 3 is 2.89 bits per heavy atom. The van der Waals surface area contributed by atoms with E-state index in [1.807, 2.05) is 0 Å². The van der Waals surface area contributed by atoms with Gasteiger partial charge in [-0.3, -0.25) is 0 Å². The molecular weight excluding hydrogens is 234 g/mol. The first-order valence-electron chi connectivity index (χ1n) is 7.48. The van der Waals surface area contributed by atoms with Crippen LogP contribution in [-0.4, -0.2) is 22.1 Å². The molecule has 2 aromatic rings. The molecule has 0 radical (unpaired) electrons. The summed E-state index contributed by atoms with van der Waals surface area (Å²) < 4.78 is 2.46. The van der Waals surface area contributed by atoms with Gasteiger partial charge in [0.1, 0.15) is 5.82 Å². The summed E-state index contributed by atoms with van der Waals surface area (Å²) in [6, 6.07) is 9.65. The average molecular weight is 257 g/mol. The molecule has 0 aliphatic heterocycles. The highest BCUT2D eigenvalue weighted by Crippen LogP contribution is 2.32. The predicted molar refractivity (Wildman–Crippen MR) is 79.4 cm³/mol. The second-order valence-electron chi connectivity index (χ2n) is 5.53. The zero-order valence-corrected chi connectivity index (χ0v) is 11.9. The van der Waals surface area contributed by atoms with E-state index in [4.69, 9.17) is 4.98 Å². The second-order valence-corrected chi connectivity index (χ2v) is 5.53. The summed E-state index contributed by atoms with van der Waals surface area (Å²) in [7, 11) is 0. The van der Waals surface area contributed by atoms with Crippen LogP contribution in [0.3, 0.4) is 0 Å². The number of rotatable bonds is 3. The van der Waals surface area contributed by atoms with E-state index < -0.39 is 0 Å². The third-order valence-electron chi connectivity index (χ3n) is 4.30. The fourth-order valence-electron chi connectivity index (χ4n) is 3.50. The van der Waals surface area contributed by atoms with Gasteiger partial charge in [0.2, 0.25) is 0 Å². The normalized spacial score (nSPS) is 23.9. The molecular formula is C16H23N3. The van der Waals surface area contributed by atoms with Crippen molar-refractivity contribution in [2.75, 3.05) is 6.54 Å². The molecule has 1 aliphatic rings. The van der Waals surface area contributed by atoms with Crippen LogP contribution in [0, 0.1) is 6.92 Å². The Labute approximate surface area is 115 Å². The molecule has 1 heterocycles. The zero-order chi connectivity index (χ0) is 13.2. The molecule has 0 spiro atoms. The van der Waals surface area contributed by atoms with Crippen LogP contribution in [0.15, 0.2) is 24.3 Å². The molecule has 1 N–H and O–H groups in total. The molecule has 0 saturated heterocycles. The average Bonchev–Trinajstić information content (AvgIpc) is 2.76. The van der Waals surface area contributed by atoms with Crippen LogP contribution in [0.25, 0.3) is 11.0 Å². The SMILES string of the molecule is CCNC1CCCCC1n1c(C)nc2ccccc21. The molecule has 0 amide bonds. The first-order valence-corrected chi connectivity index (χ1v) is 7.48. The Morgan fingerprint density at radius 2 is 2.05 bits per heavy atom. The van der Waals surface area contributed by atoms with E-state index in [0.29, 0.717) is 12.1 Å². The number of likely N-dealkylation sites (N-methyl/N-ethyl adjacent to an activating group) is 1. The van der Waals surface area contributed by atoms with Gasteiger partial charge in [0.05, 0.1) is 17.1 Å². The summed E-state index contributed by atoms with van der Waals surface area (Å²) in [6.45, 7) is 5.38. The first kappa shape index (κ1) is 12.7. The number of imidazole rings is 1. The van der Waals surface area contributed by atoms with E-state index >= 15 is 0 Å². The van der Waals surface area contributed by atoms with E-state index in [0.717, 1.165) is 17.9 Å². The number of aryl methyl sites for hydroxylation is 1. The van der Waals surface area contributed by atoms with Crippen LogP contribution >= 0.6 is 0 Å². The maximum Gasteiger partial charge on any atom is 0.107 e. The third-order valence-corrected chi connectivity index (χ3v) is 4.30. The highest BCUT2D eigenvalue weighted by Gasteiger charge is 2.27. The van der Waals surface area contributed by atoms with Crippen LogP contribution in [0.1, 0.15) is 44.5 Å². The van der Waals surface area contributed by atoms with Crippen molar-refractivity contribution in [3.63, 3.8) is 0 Å². The molecule has 2 atom stereocenters. The number of para-hydroxylation sites is 2. The smallest absolute Gasteiger partial charge is 0.107 e. The maximum atomic E-state index is 4.72. The Hall–Kier alpha value is -1.35. The summed E-state index contributed by atoms with van der Waals surface area (Å²) >= 11 is 0. The Kier molecular flexibility index (Phi) is 3.56. The number of benzene rings is 1. The van der Waals surface area contributed by atoms with Gasteiger partial charge >= 0.3 is 0 Å². The molecule has 2 unspecified atom stereocenters. The first-order chi connectivity index (χ1) is 9.31. The topological polar surface area (TPSA) is 29.9 Å². The van der Waals surface area contributed by atoms with E-state index in [1.54, 1.807) is 0 Å². The zero-order valence-electron chi connectivity index (χ0n) is 11.9. The van der Waals surface area contributed by atoms with Gasteiger partial charge in [-0.1, -0.05) is 31.9 Å². The lowest BCUT2D eigenvalue weighted by molar-refractivity contribution is 0.267. The van der Waals surface area contributed by atoms with Crippen LogP contribution in [0.2, 0.25) is 0 Å². The lowest BCUT2D eigenvalue weighted by atomic mass is 9.89. The minimum Gasteiger partial charge on any atom is -0.324 e. The quantitative estimate of drug-likeness (QED) is 0.913. The number of hydrogen-bond donors (Lipinski definition) is 1. The molecule has 1 fully saturated rings. The lowest BCUT2D eigenvalue weighted by Crippen LogP contribution is -2.40. The second kappa shape index (κ2) is 5.33. The van der Waals surface area contributed by atoms with Crippen molar-refractivity contribution in [2.45, 2.75) is 51.6 Å². The van der Waals surface area contributed by atoms with E-state index in [-0.39, 0.29) is 0 Å². The number of fused-ring (bicyclic) bond motifs is 1. The van der Waals surface area contributed by atoms with Crippen molar-refractivity contribution in [1.29, 1.82) is 0 Å². The predicted octanol–water partition coefficient (Wildman–Crippen LogP) is 3.44. The molecule has 1 aromatic heterocycles. The van der Waals surface area contributed by atoms with Gasteiger partial charge in [-0.05, 0) is 38.4 Å². The fraction of sp³-hybridized carbons (Fsp3) is 0.562. The van der Waals surface area contributed by atoms with Crippen LogP contribution in [0.5, 0.6) is 0 Å². The van der Waals surface area contributed by atoms with E-state index in [2.05, 4.69) is 48.0 Å². The molecule has 102 valence electrons. The number of hydrogen-bond acceptors (Lipinski definition) is 2. The van der Waals surface area contributed by atoms with Crippen molar-refractivity contribution in [3.05, 3.63) is 30.1 Å². The summed E-state index contributed by atoms with van der Waals surface area (Å²) in [5, 5.41) is 3.67. The number of nitrogens with zero attached hydrogens (tertiary/aromatic N) is 2.